The first kappa shape index (κ1) is 22.1. The highest BCUT2D eigenvalue weighted by atomic mass is 32.2. The second kappa shape index (κ2) is 10.0. The molecule has 6 heteroatoms. The second-order valence-corrected chi connectivity index (χ2v) is 9.06. The Hall–Kier alpha value is -3.09. The number of thioether (sulfide) groups is 1. The summed E-state index contributed by atoms with van der Waals surface area (Å²) in [7, 11) is 0. The second-order valence-electron chi connectivity index (χ2n) is 7.39. The fourth-order valence-corrected chi connectivity index (χ4v) is 4.65. The minimum Gasteiger partial charge on any atom is -0.490 e. The summed E-state index contributed by atoms with van der Waals surface area (Å²) >= 11 is 6.73. The maximum Gasteiger partial charge on any atom is 0.270 e. The summed E-state index contributed by atoms with van der Waals surface area (Å²) < 4.78 is 12.1. The van der Waals surface area contributed by atoms with Gasteiger partial charge in [0, 0.05) is 0 Å². The SMILES string of the molecule is Cc1ccc(OCCOc2ccc(/C=C3\SC(=S)N(c4ccccc4)C3=O)cc2)c(C)c1. The van der Waals surface area contributed by atoms with Crippen molar-refractivity contribution in [2.24, 2.45) is 0 Å². The molecule has 0 aliphatic carbocycles. The Morgan fingerprint density at radius 2 is 1.66 bits per heavy atom. The van der Waals surface area contributed by atoms with Gasteiger partial charge < -0.3 is 9.47 Å². The molecule has 32 heavy (non-hydrogen) atoms. The molecule has 1 aliphatic rings. The highest BCUT2D eigenvalue weighted by Crippen LogP contribution is 2.36. The van der Waals surface area contributed by atoms with Crippen molar-refractivity contribution in [2.75, 3.05) is 18.1 Å². The first-order chi connectivity index (χ1) is 15.5. The average molecular weight is 462 g/mol. The van der Waals surface area contributed by atoms with Gasteiger partial charge in [-0.05, 0) is 61.4 Å². The number of benzene rings is 3. The summed E-state index contributed by atoms with van der Waals surface area (Å²) in [5.41, 5.74) is 4.03. The molecule has 1 saturated heterocycles. The summed E-state index contributed by atoms with van der Waals surface area (Å²) in [5, 5.41) is 0. The van der Waals surface area contributed by atoms with Crippen molar-refractivity contribution in [3.05, 3.63) is 94.4 Å². The molecule has 1 aliphatic heterocycles. The van der Waals surface area contributed by atoms with Gasteiger partial charge >= 0.3 is 0 Å². The van der Waals surface area contributed by atoms with Crippen LogP contribution in [-0.2, 0) is 4.79 Å². The molecule has 0 bridgehead atoms. The number of nitrogens with zero attached hydrogens (tertiary/aromatic N) is 1. The fourth-order valence-electron chi connectivity index (χ4n) is 3.35. The van der Waals surface area contributed by atoms with Crippen molar-refractivity contribution in [2.45, 2.75) is 13.8 Å². The number of amides is 1. The third-order valence-electron chi connectivity index (χ3n) is 4.93. The zero-order chi connectivity index (χ0) is 22.5. The van der Waals surface area contributed by atoms with Crippen LogP contribution in [0.1, 0.15) is 16.7 Å². The molecular weight excluding hydrogens is 438 g/mol. The van der Waals surface area contributed by atoms with Crippen LogP contribution in [0, 0.1) is 13.8 Å². The minimum absolute atomic E-state index is 0.102. The molecule has 4 nitrogen and oxygen atoms in total. The van der Waals surface area contributed by atoms with Crippen molar-refractivity contribution in [1.29, 1.82) is 0 Å². The highest BCUT2D eigenvalue weighted by Gasteiger charge is 2.33. The van der Waals surface area contributed by atoms with Gasteiger partial charge in [0.25, 0.3) is 5.91 Å². The summed E-state index contributed by atoms with van der Waals surface area (Å²) in [4.78, 5) is 15.0. The number of anilines is 1. The fraction of sp³-hybridized carbons (Fsp3) is 0.154. The molecule has 0 spiro atoms. The maximum atomic E-state index is 12.8. The predicted molar refractivity (Wildman–Crippen MR) is 135 cm³/mol. The van der Waals surface area contributed by atoms with E-state index in [-0.39, 0.29) is 5.91 Å². The largest absolute Gasteiger partial charge is 0.490 e. The maximum absolute atomic E-state index is 12.8. The molecule has 1 amide bonds. The molecule has 0 N–H and O–H groups in total. The first-order valence-electron chi connectivity index (χ1n) is 10.3. The smallest absolute Gasteiger partial charge is 0.270 e. The summed E-state index contributed by atoms with van der Waals surface area (Å²) in [6.45, 7) is 5.01. The molecule has 0 radical (unpaired) electrons. The van der Waals surface area contributed by atoms with E-state index in [4.69, 9.17) is 21.7 Å². The minimum atomic E-state index is -0.102. The number of carbonyl (C=O) groups excluding carboxylic acids is 1. The number of ether oxygens (including phenoxy) is 2. The molecule has 1 fully saturated rings. The van der Waals surface area contributed by atoms with Crippen molar-refractivity contribution in [3.63, 3.8) is 0 Å². The van der Waals surface area contributed by atoms with Crippen LogP contribution >= 0.6 is 24.0 Å². The normalized spacial score (nSPS) is 14.8. The van der Waals surface area contributed by atoms with Gasteiger partial charge in [-0.1, -0.05) is 72.0 Å². The van der Waals surface area contributed by atoms with Gasteiger partial charge in [-0.3, -0.25) is 9.69 Å². The Balaban J connectivity index is 1.33. The molecule has 0 saturated carbocycles. The van der Waals surface area contributed by atoms with Crippen molar-refractivity contribution < 1.29 is 14.3 Å². The monoisotopic (exact) mass is 461 g/mol. The lowest BCUT2D eigenvalue weighted by atomic mass is 10.1. The van der Waals surface area contributed by atoms with Crippen LogP contribution in [0.2, 0.25) is 0 Å². The lowest BCUT2D eigenvalue weighted by molar-refractivity contribution is -0.113. The van der Waals surface area contributed by atoms with E-state index in [0.29, 0.717) is 22.4 Å². The van der Waals surface area contributed by atoms with Gasteiger partial charge in [0.1, 0.15) is 24.7 Å². The highest BCUT2D eigenvalue weighted by molar-refractivity contribution is 8.27. The third-order valence-corrected chi connectivity index (χ3v) is 6.23. The average Bonchev–Trinajstić information content (AvgIpc) is 3.07. The molecule has 0 aromatic heterocycles. The number of hydrogen-bond acceptors (Lipinski definition) is 5. The van der Waals surface area contributed by atoms with Crippen LogP contribution in [0.3, 0.4) is 0 Å². The van der Waals surface area contributed by atoms with E-state index in [1.54, 1.807) is 4.90 Å². The summed E-state index contributed by atoms with van der Waals surface area (Å²) in [6, 6.07) is 23.2. The Morgan fingerprint density at radius 3 is 2.38 bits per heavy atom. The van der Waals surface area contributed by atoms with Crippen molar-refractivity contribution in [3.8, 4) is 11.5 Å². The van der Waals surface area contributed by atoms with Gasteiger partial charge in [-0.15, -0.1) is 0 Å². The van der Waals surface area contributed by atoms with Crippen LogP contribution in [-0.4, -0.2) is 23.4 Å². The lowest BCUT2D eigenvalue weighted by Gasteiger charge is -2.13. The summed E-state index contributed by atoms with van der Waals surface area (Å²) in [6.07, 6.45) is 1.86. The first-order valence-corrected chi connectivity index (χ1v) is 11.5. The molecule has 4 rings (SSSR count). The van der Waals surface area contributed by atoms with E-state index in [1.165, 1.54) is 17.3 Å². The lowest BCUT2D eigenvalue weighted by Crippen LogP contribution is -2.27. The molecule has 3 aromatic rings. The molecule has 1 heterocycles. The quantitative estimate of drug-likeness (QED) is 0.239. The zero-order valence-electron chi connectivity index (χ0n) is 17.9. The number of aryl methyl sites for hydroxylation is 2. The van der Waals surface area contributed by atoms with E-state index < -0.39 is 0 Å². The van der Waals surface area contributed by atoms with Gasteiger partial charge in [0.05, 0.1) is 10.6 Å². The topological polar surface area (TPSA) is 38.8 Å². The van der Waals surface area contributed by atoms with E-state index in [9.17, 15) is 4.79 Å². The van der Waals surface area contributed by atoms with Gasteiger partial charge in [-0.25, -0.2) is 0 Å². The molecular formula is C26H23NO3S2. The Bertz CT molecular complexity index is 1160. The van der Waals surface area contributed by atoms with Crippen LogP contribution in [0.15, 0.2) is 77.7 Å². The van der Waals surface area contributed by atoms with Crippen LogP contribution in [0.25, 0.3) is 6.08 Å². The van der Waals surface area contributed by atoms with Crippen molar-refractivity contribution >= 4 is 46.0 Å². The van der Waals surface area contributed by atoms with E-state index >= 15 is 0 Å². The molecule has 0 atom stereocenters. The Labute approximate surface area is 197 Å². The van der Waals surface area contributed by atoms with Crippen LogP contribution in [0.4, 0.5) is 5.69 Å². The summed E-state index contributed by atoms with van der Waals surface area (Å²) in [5.74, 6) is 1.53. The number of carbonyl (C=O) groups is 1. The van der Waals surface area contributed by atoms with Gasteiger partial charge in [0.2, 0.25) is 0 Å². The standard InChI is InChI=1S/C26H23NO3S2/c1-18-8-13-23(19(2)16-18)30-15-14-29-22-11-9-20(10-12-22)17-24-25(28)27(26(31)32-24)21-6-4-3-5-7-21/h3-13,16-17H,14-15H2,1-2H3/b24-17-. The number of thiocarbonyl (C=S) groups is 1. The number of hydrogen-bond donors (Lipinski definition) is 0. The number of rotatable bonds is 7. The van der Waals surface area contributed by atoms with E-state index in [0.717, 1.165) is 28.3 Å². The number of para-hydroxylation sites is 1. The van der Waals surface area contributed by atoms with Crippen molar-refractivity contribution in [1.82, 2.24) is 0 Å². The van der Waals surface area contributed by atoms with Crippen LogP contribution in [0.5, 0.6) is 11.5 Å². The third kappa shape index (κ3) is 5.21. The molecule has 162 valence electrons. The van der Waals surface area contributed by atoms with E-state index in [1.807, 2.05) is 79.7 Å². The molecule has 3 aromatic carbocycles. The Morgan fingerprint density at radius 1 is 0.938 bits per heavy atom. The predicted octanol–water partition coefficient (Wildman–Crippen LogP) is 6.17. The van der Waals surface area contributed by atoms with Gasteiger partial charge in [0.15, 0.2) is 4.32 Å². The zero-order valence-corrected chi connectivity index (χ0v) is 19.5. The van der Waals surface area contributed by atoms with E-state index in [2.05, 4.69) is 13.0 Å². The van der Waals surface area contributed by atoms with Gasteiger partial charge in [-0.2, -0.15) is 0 Å². The molecule has 0 unspecified atom stereocenters. The Kier molecular flexibility index (Phi) is 6.93. The van der Waals surface area contributed by atoms with Crippen LogP contribution < -0.4 is 14.4 Å².